The summed E-state index contributed by atoms with van der Waals surface area (Å²) in [5.41, 5.74) is 4.83. The number of hydrogen-bond donors (Lipinski definition) is 1. The van der Waals surface area contributed by atoms with E-state index in [0.29, 0.717) is 10.6 Å². The number of anilines is 1. The van der Waals surface area contributed by atoms with Crippen molar-refractivity contribution in [3.63, 3.8) is 0 Å². The average Bonchev–Trinajstić information content (AvgIpc) is 2.95. The maximum Gasteiger partial charge on any atom is 0.418 e. The van der Waals surface area contributed by atoms with Gasteiger partial charge in [0.1, 0.15) is 0 Å². The second-order valence-corrected chi connectivity index (χ2v) is 6.54. The first-order chi connectivity index (χ1) is 8.53. The predicted molar refractivity (Wildman–Crippen MR) is 71.5 cm³/mol. The first kappa shape index (κ1) is 14.5. The fourth-order valence-corrected chi connectivity index (χ4v) is 2.91. The van der Waals surface area contributed by atoms with Gasteiger partial charge in [0.25, 0.3) is 0 Å². The molecule has 0 aromatic heterocycles. The van der Waals surface area contributed by atoms with Gasteiger partial charge in [-0.25, -0.2) is 0 Å². The van der Waals surface area contributed by atoms with Crippen molar-refractivity contribution >= 4 is 17.3 Å². The normalized spacial score (nSPS) is 16.8. The molecule has 5 heteroatoms. The Bertz CT molecular complexity index is 511. The van der Waals surface area contributed by atoms with Crippen molar-refractivity contribution in [2.24, 2.45) is 0 Å². The molecule has 0 saturated heterocycles. The minimum atomic E-state index is -4.46. The molecule has 1 nitrogen and oxygen atoms in total. The molecule has 0 spiro atoms. The summed E-state index contributed by atoms with van der Waals surface area (Å²) in [6.07, 6.45) is -2.67. The molecule has 0 amide bonds. The Labute approximate surface area is 115 Å². The predicted octanol–water partition coefficient (Wildman–Crippen LogP) is 5.12. The van der Waals surface area contributed by atoms with Gasteiger partial charge in [-0.3, -0.25) is 0 Å². The Morgan fingerprint density at radius 3 is 2.05 bits per heavy atom. The summed E-state index contributed by atoms with van der Waals surface area (Å²) in [6, 6.07) is 1.24. The molecule has 2 N–H and O–H groups in total. The average molecular weight is 292 g/mol. The summed E-state index contributed by atoms with van der Waals surface area (Å²) in [5, 5.41) is 0.359. The van der Waals surface area contributed by atoms with Crippen LogP contribution < -0.4 is 5.73 Å². The lowest BCUT2D eigenvalue weighted by Gasteiger charge is -2.29. The lowest BCUT2D eigenvalue weighted by molar-refractivity contribution is -0.138. The molecule has 1 saturated carbocycles. The van der Waals surface area contributed by atoms with Gasteiger partial charge >= 0.3 is 6.18 Å². The molecule has 0 unspecified atom stereocenters. The fraction of sp³-hybridized carbons (Fsp3) is 0.571. The lowest BCUT2D eigenvalue weighted by Crippen LogP contribution is -2.23. The second kappa shape index (κ2) is 4.30. The number of nitrogen functional groups attached to an aromatic ring is 1. The van der Waals surface area contributed by atoms with E-state index in [1.165, 1.54) is 6.07 Å². The first-order valence-corrected chi connectivity index (χ1v) is 6.61. The van der Waals surface area contributed by atoms with Gasteiger partial charge in [-0.15, -0.1) is 0 Å². The van der Waals surface area contributed by atoms with E-state index >= 15 is 0 Å². The van der Waals surface area contributed by atoms with E-state index < -0.39 is 17.2 Å². The Morgan fingerprint density at radius 1 is 1.16 bits per heavy atom. The number of benzene rings is 1. The molecular weight excluding hydrogens is 275 g/mol. The molecule has 1 fully saturated rings. The summed E-state index contributed by atoms with van der Waals surface area (Å²) in [5.74, 6) is 0.142. The highest BCUT2D eigenvalue weighted by molar-refractivity contribution is 6.32. The fourth-order valence-electron chi connectivity index (χ4n) is 2.54. The Hall–Kier alpha value is -0.900. The molecule has 0 bridgehead atoms. The van der Waals surface area contributed by atoms with Gasteiger partial charge in [0.05, 0.1) is 5.56 Å². The minimum Gasteiger partial charge on any atom is -0.398 e. The summed E-state index contributed by atoms with van der Waals surface area (Å²) >= 11 is 6.15. The van der Waals surface area contributed by atoms with Crippen molar-refractivity contribution in [3.05, 3.63) is 27.8 Å². The van der Waals surface area contributed by atoms with E-state index in [1.807, 2.05) is 0 Å². The van der Waals surface area contributed by atoms with E-state index in [1.54, 1.807) is 20.8 Å². The van der Waals surface area contributed by atoms with Crippen molar-refractivity contribution in [3.8, 4) is 0 Å². The van der Waals surface area contributed by atoms with Crippen LogP contribution in [0, 0.1) is 0 Å². The van der Waals surface area contributed by atoms with E-state index in [2.05, 4.69) is 0 Å². The summed E-state index contributed by atoms with van der Waals surface area (Å²) in [6.45, 7) is 5.29. The van der Waals surface area contributed by atoms with Gasteiger partial charge in [-0.1, -0.05) is 32.4 Å². The number of nitrogens with two attached hydrogens (primary N) is 1. The molecule has 0 heterocycles. The molecule has 1 aliphatic rings. The molecule has 0 atom stereocenters. The van der Waals surface area contributed by atoms with Crippen LogP contribution in [0.25, 0.3) is 0 Å². The van der Waals surface area contributed by atoms with E-state index in [0.717, 1.165) is 12.8 Å². The molecule has 0 aliphatic heterocycles. The highest BCUT2D eigenvalue weighted by atomic mass is 35.5. The summed E-state index contributed by atoms with van der Waals surface area (Å²) in [4.78, 5) is 0. The monoisotopic (exact) mass is 291 g/mol. The maximum absolute atomic E-state index is 13.3. The third-order valence-electron chi connectivity index (χ3n) is 3.37. The van der Waals surface area contributed by atoms with Crippen LogP contribution in [0.3, 0.4) is 0 Å². The zero-order valence-corrected chi connectivity index (χ0v) is 11.9. The number of hydrogen-bond acceptors (Lipinski definition) is 1. The summed E-state index contributed by atoms with van der Waals surface area (Å²) < 4.78 is 39.9. The van der Waals surface area contributed by atoms with E-state index in [-0.39, 0.29) is 17.2 Å². The first-order valence-electron chi connectivity index (χ1n) is 6.23. The van der Waals surface area contributed by atoms with Crippen LogP contribution in [0.5, 0.6) is 0 Å². The van der Waals surface area contributed by atoms with Crippen LogP contribution >= 0.6 is 11.6 Å². The molecule has 106 valence electrons. The smallest absolute Gasteiger partial charge is 0.398 e. The van der Waals surface area contributed by atoms with Gasteiger partial charge in [-0.05, 0) is 41.4 Å². The SMILES string of the molecule is CC(C)(C)c1c(C2CC2)c(Cl)cc(N)c1C(F)(F)F. The number of rotatable bonds is 1. The van der Waals surface area contributed by atoms with Crippen LogP contribution in [-0.4, -0.2) is 0 Å². The minimum absolute atomic E-state index is 0.142. The molecule has 0 radical (unpaired) electrons. The quantitative estimate of drug-likeness (QED) is 0.714. The summed E-state index contributed by atoms with van der Waals surface area (Å²) in [7, 11) is 0. The molecule has 2 rings (SSSR count). The van der Waals surface area contributed by atoms with Crippen molar-refractivity contribution in [1.82, 2.24) is 0 Å². The molecule has 1 aliphatic carbocycles. The topological polar surface area (TPSA) is 26.0 Å². The highest BCUT2D eigenvalue weighted by Crippen LogP contribution is 2.52. The van der Waals surface area contributed by atoms with Crippen LogP contribution in [-0.2, 0) is 11.6 Å². The Morgan fingerprint density at radius 2 is 1.68 bits per heavy atom. The number of alkyl halides is 3. The van der Waals surface area contributed by atoms with Crippen molar-refractivity contribution in [2.45, 2.75) is 51.1 Å². The van der Waals surface area contributed by atoms with Gasteiger partial charge in [0, 0.05) is 10.7 Å². The maximum atomic E-state index is 13.3. The van der Waals surface area contributed by atoms with E-state index in [9.17, 15) is 13.2 Å². The second-order valence-electron chi connectivity index (χ2n) is 6.13. The largest absolute Gasteiger partial charge is 0.418 e. The number of halogens is 4. The standard InChI is InChI=1S/C14H17ClF3N/c1-13(2,3)12-10(7-4-5-7)8(15)6-9(19)11(12)14(16,17)18/h6-7H,4-5,19H2,1-3H3. The van der Waals surface area contributed by atoms with Gasteiger partial charge < -0.3 is 5.73 Å². The van der Waals surface area contributed by atoms with Crippen LogP contribution in [0.1, 0.15) is 56.2 Å². The Balaban J connectivity index is 2.82. The van der Waals surface area contributed by atoms with Crippen molar-refractivity contribution in [2.75, 3.05) is 5.73 Å². The molecule has 1 aromatic rings. The van der Waals surface area contributed by atoms with Crippen molar-refractivity contribution in [1.29, 1.82) is 0 Å². The van der Waals surface area contributed by atoms with Gasteiger partial charge in [0.2, 0.25) is 0 Å². The van der Waals surface area contributed by atoms with E-state index in [4.69, 9.17) is 17.3 Å². The van der Waals surface area contributed by atoms with Crippen LogP contribution in [0.15, 0.2) is 6.07 Å². The molecule has 1 aromatic carbocycles. The molecular formula is C14H17ClF3N. The van der Waals surface area contributed by atoms with Crippen LogP contribution in [0.4, 0.5) is 18.9 Å². The zero-order valence-electron chi connectivity index (χ0n) is 11.2. The lowest BCUT2D eigenvalue weighted by atomic mass is 9.78. The van der Waals surface area contributed by atoms with Gasteiger partial charge in [-0.2, -0.15) is 13.2 Å². The zero-order chi connectivity index (χ0) is 14.6. The van der Waals surface area contributed by atoms with Crippen LogP contribution in [0.2, 0.25) is 5.02 Å². The molecule has 19 heavy (non-hydrogen) atoms. The third kappa shape index (κ3) is 2.69. The highest BCUT2D eigenvalue weighted by Gasteiger charge is 2.43. The van der Waals surface area contributed by atoms with Crippen molar-refractivity contribution < 1.29 is 13.2 Å². The Kier molecular flexibility index (Phi) is 3.28. The third-order valence-corrected chi connectivity index (χ3v) is 3.68. The van der Waals surface area contributed by atoms with Gasteiger partial charge in [0.15, 0.2) is 0 Å².